The third-order valence-corrected chi connectivity index (χ3v) is 6.47. The summed E-state index contributed by atoms with van der Waals surface area (Å²) in [5.74, 6) is 0.803. The van der Waals surface area contributed by atoms with E-state index in [0.29, 0.717) is 17.7 Å². The van der Waals surface area contributed by atoms with Gasteiger partial charge in [-0.2, -0.15) is 0 Å². The van der Waals surface area contributed by atoms with Crippen molar-refractivity contribution in [2.24, 2.45) is 11.3 Å². The van der Waals surface area contributed by atoms with E-state index in [1.165, 1.54) is 0 Å². The molecule has 0 aromatic heterocycles. The molecule has 2 fully saturated rings. The predicted octanol–water partition coefficient (Wildman–Crippen LogP) is -0.0578. The Balaban J connectivity index is 1.76. The summed E-state index contributed by atoms with van der Waals surface area (Å²) < 4.78 is 6.07. The highest BCUT2D eigenvalue weighted by Crippen LogP contribution is 2.64. The zero-order valence-electron chi connectivity index (χ0n) is 12.5. The summed E-state index contributed by atoms with van der Waals surface area (Å²) in [5.41, 5.74) is 1.94. The molecule has 1 spiro atoms. The highest BCUT2D eigenvalue weighted by Gasteiger charge is 2.66. The first-order chi connectivity index (χ1) is 10.5. The number of hydrogen-bond donors (Lipinski definition) is 3. The fraction of sp³-hybridized carbons (Fsp3) is 0.647. The molecule has 22 heavy (non-hydrogen) atoms. The van der Waals surface area contributed by atoms with Crippen LogP contribution in [0, 0.1) is 11.3 Å². The maximum Gasteiger partial charge on any atom is 0.141 e. The van der Waals surface area contributed by atoms with Crippen molar-refractivity contribution in [2.75, 3.05) is 13.6 Å². The van der Waals surface area contributed by atoms with E-state index < -0.39 is 18.3 Å². The summed E-state index contributed by atoms with van der Waals surface area (Å²) in [5, 5.41) is 31.0. The molecule has 0 amide bonds. The number of piperidine rings is 1. The van der Waals surface area contributed by atoms with Gasteiger partial charge in [-0.1, -0.05) is 12.2 Å². The van der Waals surface area contributed by atoms with Crippen molar-refractivity contribution in [1.82, 2.24) is 4.90 Å². The molecule has 2 bridgehead atoms. The molecular formula is C17H21NO4. The lowest BCUT2D eigenvalue weighted by atomic mass is 9.51. The van der Waals surface area contributed by atoms with E-state index in [1.807, 2.05) is 6.08 Å². The minimum absolute atomic E-state index is 0.244. The molecule has 7 atom stereocenters. The quantitative estimate of drug-likeness (QED) is 0.547. The molecule has 0 aromatic rings. The average Bonchev–Trinajstić information content (AvgIpc) is 2.84. The van der Waals surface area contributed by atoms with E-state index in [1.54, 1.807) is 6.08 Å². The van der Waals surface area contributed by atoms with Crippen LogP contribution in [0.1, 0.15) is 12.8 Å². The van der Waals surface area contributed by atoms with E-state index in [9.17, 15) is 15.3 Å². The number of aliphatic hydroxyl groups is 3. The summed E-state index contributed by atoms with van der Waals surface area (Å²) in [7, 11) is 2.14. The second-order valence-corrected chi connectivity index (χ2v) is 7.35. The minimum atomic E-state index is -1.01. The van der Waals surface area contributed by atoms with Gasteiger partial charge in [0.1, 0.15) is 30.2 Å². The summed E-state index contributed by atoms with van der Waals surface area (Å²) in [4.78, 5) is 2.38. The Morgan fingerprint density at radius 3 is 2.86 bits per heavy atom. The lowest BCUT2D eigenvalue weighted by Gasteiger charge is -2.58. The van der Waals surface area contributed by atoms with Gasteiger partial charge in [0.2, 0.25) is 0 Å². The van der Waals surface area contributed by atoms with Crippen molar-refractivity contribution in [3.8, 4) is 0 Å². The normalized spacial score (nSPS) is 52.3. The molecule has 2 aliphatic heterocycles. The Labute approximate surface area is 129 Å². The Hall–Kier alpha value is -1.14. The second kappa shape index (κ2) is 4.03. The Kier molecular flexibility index (Phi) is 2.44. The number of likely N-dealkylation sites (tertiary alicyclic amines) is 1. The third kappa shape index (κ3) is 1.31. The lowest BCUT2D eigenvalue weighted by molar-refractivity contribution is -0.0972. The highest BCUT2D eigenvalue weighted by molar-refractivity contribution is 5.54. The zero-order valence-corrected chi connectivity index (χ0v) is 12.5. The molecule has 0 aromatic carbocycles. The fourth-order valence-corrected chi connectivity index (χ4v) is 5.50. The van der Waals surface area contributed by atoms with Crippen molar-refractivity contribution in [1.29, 1.82) is 0 Å². The van der Waals surface area contributed by atoms with Gasteiger partial charge in [-0.25, -0.2) is 0 Å². The number of aliphatic hydroxyl groups excluding tert-OH is 3. The second-order valence-electron chi connectivity index (χ2n) is 7.35. The average molecular weight is 303 g/mol. The molecule has 1 saturated heterocycles. The first kappa shape index (κ1) is 13.3. The highest BCUT2D eigenvalue weighted by atomic mass is 16.5. The van der Waals surface area contributed by atoms with Crippen LogP contribution in [-0.4, -0.2) is 64.3 Å². The van der Waals surface area contributed by atoms with Crippen LogP contribution in [0.5, 0.6) is 0 Å². The van der Waals surface area contributed by atoms with Crippen LogP contribution in [0.2, 0.25) is 0 Å². The summed E-state index contributed by atoms with van der Waals surface area (Å²) in [6.45, 7) is 0.963. The van der Waals surface area contributed by atoms with Crippen molar-refractivity contribution in [3.05, 3.63) is 35.1 Å². The van der Waals surface area contributed by atoms with Gasteiger partial charge in [0.05, 0.1) is 0 Å². The molecule has 5 heteroatoms. The van der Waals surface area contributed by atoms with Crippen LogP contribution in [0.3, 0.4) is 0 Å². The number of nitrogens with zero attached hydrogens (tertiary/aromatic N) is 1. The van der Waals surface area contributed by atoms with Gasteiger partial charge >= 0.3 is 0 Å². The molecular weight excluding hydrogens is 282 g/mol. The topological polar surface area (TPSA) is 73.2 Å². The summed E-state index contributed by atoms with van der Waals surface area (Å²) in [6, 6.07) is 0.361. The lowest BCUT2D eigenvalue weighted by Crippen LogP contribution is -2.62. The van der Waals surface area contributed by atoms with Crippen molar-refractivity contribution < 1.29 is 20.1 Å². The van der Waals surface area contributed by atoms with Gasteiger partial charge in [0.25, 0.3) is 0 Å². The molecule has 5 rings (SSSR count). The van der Waals surface area contributed by atoms with Gasteiger partial charge in [-0.15, -0.1) is 0 Å². The maximum atomic E-state index is 10.5. The van der Waals surface area contributed by atoms with Gasteiger partial charge < -0.3 is 25.0 Å². The number of rotatable bonds is 0. The smallest absolute Gasteiger partial charge is 0.141 e. The molecule has 118 valence electrons. The maximum absolute atomic E-state index is 10.5. The van der Waals surface area contributed by atoms with E-state index in [2.05, 4.69) is 18.0 Å². The summed E-state index contributed by atoms with van der Waals surface area (Å²) >= 11 is 0. The van der Waals surface area contributed by atoms with Crippen LogP contribution in [-0.2, 0) is 4.74 Å². The monoisotopic (exact) mass is 303 g/mol. The minimum Gasteiger partial charge on any atom is -0.488 e. The largest absolute Gasteiger partial charge is 0.488 e. The van der Waals surface area contributed by atoms with Crippen LogP contribution < -0.4 is 0 Å². The van der Waals surface area contributed by atoms with E-state index in [0.717, 1.165) is 30.5 Å². The van der Waals surface area contributed by atoms with Crippen LogP contribution in [0.4, 0.5) is 0 Å². The van der Waals surface area contributed by atoms with Gasteiger partial charge in [-0.05, 0) is 38.1 Å². The van der Waals surface area contributed by atoms with Crippen molar-refractivity contribution >= 4 is 0 Å². The first-order valence-corrected chi connectivity index (χ1v) is 8.09. The zero-order chi connectivity index (χ0) is 15.2. The third-order valence-electron chi connectivity index (χ3n) is 6.47. The Bertz CT molecular complexity index is 639. The molecule has 2 unspecified atom stereocenters. The fourth-order valence-electron chi connectivity index (χ4n) is 5.50. The van der Waals surface area contributed by atoms with Gasteiger partial charge in [-0.3, -0.25) is 0 Å². The summed E-state index contributed by atoms with van der Waals surface area (Å²) in [6.07, 6.45) is 4.63. The molecule has 0 radical (unpaired) electrons. The van der Waals surface area contributed by atoms with E-state index in [-0.39, 0.29) is 11.5 Å². The molecule has 5 aliphatic rings. The molecule has 1 saturated carbocycles. The van der Waals surface area contributed by atoms with Gasteiger partial charge in [0.15, 0.2) is 0 Å². The molecule has 3 N–H and O–H groups in total. The predicted molar refractivity (Wildman–Crippen MR) is 78.7 cm³/mol. The van der Waals surface area contributed by atoms with E-state index >= 15 is 0 Å². The molecule has 2 heterocycles. The molecule has 5 nitrogen and oxygen atoms in total. The Morgan fingerprint density at radius 2 is 2.05 bits per heavy atom. The first-order valence-electron chi connectivity index (χ1n) is 8.09. The Morgan fingerprint density at radius 1 is 1.23 bits per heavy atom. The SMILES string of the molecule is CN1CC[C@]23C4=C5O[C@H]2[C@@H](O)C=C[C@H]3[C@H]1CC4=CC(O)C5O. The van der Waals surface area contributed by atoms with E-state index in [4.69, 9.17) is 4.74 Å². The molecule has 3 aliphatic carbocycles. The van der Waals surface area contributed by atoms with Crippen LogP contribution >= 0.6 is 0 Å². The van der Waals surface area contributed by atoms with Crippen LogP contribution in [0.25, 0.3) is 0 Å². The van der Waals surface area contributed by atoms with Gasteiger partial charge in [0, 0.05) is 22.9 Å². The van der Waals surface area contributed by atoms with Crippen molar-refractivity contribution in [2.45, 2.75) is 43.3 Å². The van der Waals surface area contributed by atoms with Crippen LogP contribution in [0.15, 0.2) is 35.1 Å². The van der Waals surface area contributed by atoms with Crippen molar-refractivity contribution in [3.63, 3.8) is 0 Å². The number of hydrogen-bond acceptors (Lipinski definition) is 5. The standard InChI is InChI=1S/C17H21NO4/c1-18-5-4-17-9-2-3-11(19)16(17)22-15-13(17)8(6-10(9)18)7-12(20)14(15)21/h2-3,7,9-12,14,16,19-21H,4-6H2,1H3/t9-,10+,11-,12?,14?,16-,17-/m0/s1. The number of ether oxygens (including phenoxy) is 1.